The van der Waals surface area contributed by atoms with Crippen LogP contribution in [0.4, 0.5) is 0 Å². The minimum atomic E-state index is 0.135. The Hall–Kier alpha value is -1.76. The van der Waals surface area contributed by atoms with E-state index in [2.05, 4.69) is 31.1 Å². The zero-order valence-corrected chi connectivity index (χ0v) is 12.3. The second-order valence-corrected chi connectivity index (χ2v) is 5.40. The molecule has 2 aromatic rings. The van der Waals surface area contributed by atoms with Crippen molar-refractivity contribution in [2.24, 2.45) is 5.92 Å². The minimum absolute atomic E-state index is 0.135. The minimum Gasteiger partial charge on any atom is -0.337 e. The number of halogens is 1. The maximum atomic E-state index is 11.8. The van der Waals surface area contributed by atoms with Crippen LogP contribution >= 0.6 is 15.9 Å². The average Bonchev–Trinajstić information content (AvgIpc) is 3.08. The number of rotatable bonds is 4. The highest BCUT2D eigenvalue weighted by Gasteiger charge is 2.29. The van der Waals surface area contributed by atoms with Gasteiger partial charge in [-0.15, -0.1) is 0 Å². The van der Waals surface area contributed by atoms with Crippen LogP contribution in [-0.4, -0.2) is 37.8 Å². The van der Waals surface area contributed by atoms with E-state index >= 15 is 0 Å². The largest absolute Gasteiger partial charge is 0.337 e. The Morgan fingerprint density at radius 1 is 1.50 bits per heavy atom. The number of aromatic nitrogens is 3. The summed E-state index contributed by atoms with van der Waals surface area (Å²) in [4.78, 5) is 21.9. The lowest BCUT2D eigenvalue weighted by atomic mass is 10.2. The summed E-state index contributed by atoms with van der Waals surface area (Å²) in [6.45, 7) is 1.10. The SMILES string of the molecule is O=C1CC(CBr)CN1Cc1nc(-c2cccnc2)no1. The molecule has 1 atom stereocenters. The number of alkyl halides is 1. The van der Waals surface area contributed by atoms with Gasteiger partial charge in [-0.25, -0.2) is 0 Å². The number of likely N-dealkylation sites (tertiary alicyclic amines) is 1. The molecule has 0 radical (unpaired) electrons. The van der Waals surface area contributed by atoms with Crippen LogP contribution in [0.2, 0.25) is 0 Å². The van der Waals surface area contributed by atoms with Crippen LogP contribution < -0.4 is 0 Å². The summed E-state index contributed by atoms with van der Waals surface area (Å²) in [5.74, 6) is 1.45. The van der Waals surface area contributed by atoms with E-state index in [0.29, 0.717) is 30.6 Å². The maximum Gasteiger partial charge on any atom is 0.246 e. The summed E-state index contributed by atoms with van der Waals surface area (Å²) in [7, 11) is 0. The number of nitrogens with zero attached hydrogens (tertiary/aromatic N) is 4. The molecule has 0 bridgehead atoms. The molecule has 1 amide bonds. The van der Waals surface area contributed by atoms with Crippen LogP contribution in [0, 0.1) is 5.92 Å². The van der Waals surface area contributed by atoms with E-state index in [-0.39, 0.29) is 5.91 Å². The van der Waals surface area contributed by atoms with Crippen LogP contribution in [0.3, 0.4) is 0 Å². The molecule has 20 heavy (non-hydrogen) atoms. The van der Waals surface area contributed by atoms with Gasteiger partial charge >= 0.3 is 0 Å². The molecule has 2 aromatic heterocycles. The molecular formula is C13H13BrN4O2. The van der Waals surface area contributed by atoms with Crippen molar-refractivity contribution in [1.82, 2.24) is 20.0 Å². The first-order valence-electron chi connectivity index (χ1n) is 6.33. The van der Waals surface area contributed by atoms with E-state index in [0.717, 1.165) is 17.4 Å². The third kappa shape index (κ3) is 2.72. The van der Waals surface area contributed by atoms with Crippen molar-refractivity contribution >= 4 is 21.8 Å². The molecule has 0 spiro atoms. The smallest absolute Gasteiger partial charge is 0.246 e. The number of carbonyl (C=O) groups is 1. The second-order valence-electron chi connectivity index (χ2n) is 4.75. The highest BCUT2D eigenvalue weighted by molar-refractivity contribution is 9.09. The zero-order valence-electron chi connectivity index (χ0n) is 10.7. The van der Waals surface area contributed by atoms with Crippen molar-refractivity contribution in [3.8, 4) is 11.4 Å². The molecule has 3 heterocycles. The summed E-state index contributed by atoms with van der Waals surface area (Å²) < 4.78 is 5.20. The van der Waals surface area contributed by atoms with Crippen molar-refractivity contribution in [2.45, 2.75) is 13.0 Å². The fraction of sp³-hybridized carbons (Fsp3) is 0.385. The normalized spacial score (nSPS) is 18.8. The first-order chi connectivity index (χ1) is 9.76. The van der Waals surface area contributed by atoms with Crippen LogP contribution in [0.1, 0.15) is 12.3 Å². The summed E-state index contributed by atoms with van der Waals surface area (Å²) >= 11 is 3.41. The van der Waals surface area contributed by atoms with Crippen molar-refractivity contribution in [3.63, 3.8) is 0 Å². The Morgan fingerprint density at radius 2 is 2.40 bits per heavy atom. The fourth-order valence-corrected chi connectivity index (χ4v) is 2.64. The molecule has 0 aromatic carbocycles. The summed E-state index contributed by atoms with van der Waals surface area (Å²) in [5, 5.41) is 4.75. The Labute approximate surface area is 124 Å². The Bertz CT molecular complexity index is 601. The van der Waals surface area contributed by atoms with E-state index in [9.17, 15) is 4.79 Å². The van der Waals surface area contributed by atoms with Gasteiger partial charge in [-0.2, -0.15) is 4.98 Å². The van der Waals surface area contributed by atoms with Gasteiger partial charge in [-0.3, -0.25) is 9.78 Å². The molecule has 1 fully saturated rings. The van der Waals surface area contributed by atoms with Crippen molar-refractivity contribution in [1.29, 1.82) is 0 Å². The fourth-order valence-electron chi connectivity index (χ4n) is 2.20. The highest BCUT2D eigenvalue weighted by Crippen LogP contribution is 2.22. The molecule has 0 aliphatic carbocycles. The van der Waals surface area contributed by atoms with E-state index in [4.69, 9.17) is 4.52 Å². The highest BCUT2D eigenvalue weighted by atomic mass is 79.9. The topological polar surface area (TPSA) is 72.1 Å². The van der Waals surface area contributed by atoms with Crippen molar-refractivity contribution in [3.05, 3.63) is 30.4 Å². The number of pyridine rings is 1. The first-order valence-corrected chi connectivity index (χ1v) is 7.45. The number of hydrogen-bond donors (Lipinski definition) is 0. The third-order valence-electron chi connectivity index (χ3n) is 3.23. The lowest BCUT2D eigenvalue weighted by Gasteiger charge is -2.12. The molecule has 1 aliphatic heterocycles. The summed E-state index contributed by atoms with van der Waals surface area (Å²) in [5.41, 5.74) is 0.800. The van der Waals surface area contributed by atoms with Gasteiger partial charge in [0, 0.05) is 36.3 Å². The van der Waals surface area contributed by atoms with Crippen molar-refractivity contribution in [2.75, 3.05) is 11.9 Å². The predicted molar refractivity (Wildman–Crippen MR) is 74.8 cm³/mol. The quantitative estimate of drug-likeness (QED) is 0.797. The Morgan fingerprint density at radius 3 is 3.10 bits per heavy atom. The van der Waals surface area contributed by atoms with E-state index < -0.39 is 0 Å². The number of amides is 1. The van der Waals surface area contributed by atoms with Crippen molar-refractivity contribution < 1.29 is 9.32 Å². The van der Waals surface area contributed by atoms with Crippen LogP contribution in [0.15, 0.2) is 29.0 Å². The molecule has 104 valence electrons. The Kier molecular flexibility index (Phi) is 3.77. The molecule has 6 nitrogen and oxygen atoms in total. The van der Waals surface area contributed by atoms with E-state index in [1.807, 2.05) is 12.1 Å². The number of hydrogen-bond acceptors (Lipinski definition) is 5. The molecule has 1 aliphatic rings. The summed E-state index contributed by atoms with van der Waals surface area (Å²) in [6.07, 6.45) is 3.94. The second kappa shape index (κ2) is 5.70. The van der Waals surface area contributed by atoms with E-state index in [1.165, 1.54) is 0 Å². The molecule has 1 unspecified atom stereocenters. The molecule has 7 heteroatoms. The molecule has 0 saturated carbocycles. The monoisotopic (exact) mass is 336 g/mol. The van der Waals surface area contributed by atoms with Gasteiger partial charge in [0.25, 0.3) is 0 Å². The van der Waals surface area contributed by atoms with Gasteiger partial charge in [0.15, 0.2) is 0 Å². The van der Waals surface area contributed by atoms with Gasteiger partial charge < -0.3 is 9.42 Å². The predicted octanol–water partition coefficient (Wildman–Crippen LogP) is 1.88. The lowest BCUT2D eigenvalue weighted by molar-refractivity contribution is -0.128. The van der Waals surface area contributed by atoms with Gasteiger partial charge in [0.05, 0.1) is 6.54 Å². The van der Waals surface area contributed by atoms with Gasteiger partial charge in [-0.1, -0.05) is 21.1 Å². The molecule has 3 rings (SSSR count). The Balaban J connectivity index is 1.71. The lowest BCUT2D eigenvalue weighted by Crippen LogP contribution is -2.24. The molecule has 0 N–H and O–H groups in total. The standard InChI is InChI=1S/C13H13BrN4O2/c14-5-9-4-12(19)18(7-9)8-11-16-13(17-20-11)10-2-1-3-15-6-10/h1-3,6,9H,4-5,7-8H2. The average molecular weight is 337 g/mol. The third-order valence-corrected chi connectivity index (χ3v) is 4.14. The number of carbonyl (C=O) groups excluding carboxylic acids is 1. The maximum absolute atomic E-state index is 11.8. The molecule has 1 saturated heterocycles. The van der Waals surface area contributed by atoms with Gasteiger partial charge in [-0.05, 0) is 18.1 Å². The van der Waals surface area contributed by atoms with Gasteiger partial charge in [0.1, 0.15) is 0 Å². The summed E-state index contributed by atoms with van der Waals surface area (Å²) in [6, 6.07) is 3.68. The van der Waals surface area contributed by atoms with Gasteiger partial charge in [0.2, 0.25) is 17.6 Å². The first kappa shape index (κ1) is 13.2. The molecular weight excluding hydrogens is 324 g/mol. The van der Waals surface area contributed by atoms with Crippen LogP contribution in [0.25, 0.3) is 11.4 Å². The zero-order chi connectivity index (χ0) is 13.9. The van der Waals surface area contributed by atoms with Crippen LogP contribution in [0.5, 0.6) is 0 Å². The van der Waals surface area contributed by atoms with E-state index in [1.54, 1.807) is 17.3 Å². The van der Waals surface area contributed by atoms with Crippen LogP contribution in [-0.2, 0) is 11.3 Å².